The number of carbonyl (C=O) groups excluding carboxylic acids is 2. The summed E-state index contributed by atoms with van der Waals surface area (Å²) in [7, 11) is 9.08. The second kappa shape index (κ2) is 13.5. The van der Waals surface area contributed by atoms with Gasteiger partial charge in [0.15, 0.2) is 0 Å². The molecule has 2 N–H and O–H groups in total. The molecule has 10 nitrogen and oxygen atoms in total. The predicted octanol–water partition coefficient (Wildman–Crippen LogP) is 2.05. The van der Waals surface area contributed by atoms with Crippen molar-refractivity contribution in [2.75, 3.05) is 53.0 Å². The highest BCUT2D eigenvalue weighted by molar-refractivity contribution is 8.76. The van der Waals surface area contributed by atoms with E-state index in [4.69, 9.17) is 18.9 Å². The number of nitrogens with zero attached hydrogens (tertiary/aromatic N) is 2. The van der Waals surface area contributed by atoms with E-state index in [1.165, 1.54) is 28.4 Å². The second-order valence-corrected chi connectivity index (χ2v) is 8.68. The summed E-state index contributed by atoms with van der Waals surface area (Å²) < 4.78 is 20.3. The molecule has 0 fully saturated rings. The van der Waals surface area contributed by atoms with Crippen LogP contribution in [-0.4, -0.2) is 74.8 Å². The van der Waals surface area contributed by atoms with Crippen molar-refractivity contribution in [2.24, 2.45) is 0 Å². The largest absolute Gasteiger partial charge is 0.481 e. The highest BCUT2D eigenvalue weighted by Crippen LogP contribution is 2.22. The Morgan fingerprint density at radius 1 is 0.719 bits per heavy atom. The topological polar surface area (TPSA) is 121 Å². The molecule has 0 aromatic carbocycles. The van der Waals surface area contributed by atoms with Crippen LogP contribution in [0.25, 0.3) is 0 Å². The molecule has 174 valence electrons. The molecule has 2 aromatic heterocycles. The minimum absolute atomic E-state index is 0.211. The van der Waals surface area contributed by atoms with E-state index in [1.54, 1.807) is 45.9 Å². The molecule has 12 heteroatoms. The van der Waals surface area contributed by atoms with Crippen LogP contribution in [0.4, 0.5) is 0 Å². The first-order valence-corrected chi connectivity index (χ1v) is 12.0. The number of methoxy groups -OCH3 is 4. The summed E-state index contributed by atoms with van der Waals surface area (Å²) in [5.74, 6) is 2.04. The van der Waals surface area contributed by atoms with E-state index in [0.717, 1.165) is 0 Å². The quantitative estimate of drug-likeness (QED) is 0.324. The number of ether oxygens (including phenoxy) is 4. The molecule has 0 aliphatic rings. The Labute approximate surface area is 194 Å². The van der Waals surface area contributed by atoms with Crippen LogP contribution >= 0.6 is 21.6 Å². The summed E-state index contributed by atoms with van der Waals surface area (Å²) in [6, 6.07) is 6.43. The van der Waals surface area contributed by atoms with Gasteiger partial charge in [0.1, 0.15) is 11.1 Å². The maximum Gasteiger partial charge on any atom is 0.256 e. The van der Waals surface area contributed by atoms with Crippen molar-refractivity contribution >= 4 is 33.4 Å². The second-order valence-electron chi connectivity index (χ2n) is 5.98. The molecule has 2 aromatic rings. The molecule has 32 heavy (non-hydrogen) atoms. The van der Waals surface area contributed by atoms with Crippen molar-refractivity contribution in [3.63, 3.8) is 0 Å². The average Bonchev–Trinajstić information content (AvgIpc) is 2.84. The lowest BCUT2D eigenvalue weighted by Crippen LogP contribution is -2.27. The minimum Gasteiger partial charge on any atom is -0.481 e. The van der Waals surface area contributed by atoms with E-state index in [9.17, 15) is 9.59 Å². The molecule has 0 radical (unpaired) electrons. The van der Waals surface area contributed by atoms with Crippen molar-refractivity contribution in [2.45, 2.75) is 0 Å². The Balaban J connectivity index is 1.65. The zero-order valence-electron chi connectivity index (χ0n) is 18.3. The van der Waals surface area contributed by atoms with Gasteiger partial charge in [-0.15, -0.1) is 0 Å². The van der Waals surface area contributed by atoms with Crippen LogP contribution in [0.1, 0.15) is 20.7 Å². The Morgan fingerprint density at radius 3 is 1.47 bits per heavy atom. The summed E-state index contributed by atoms with van der Waals surface area (Å²) >= 11 is 0. The lowest BCUT2D eigenvalue weighted by Gasteiger charge is -2.10. The maximum absolute atomic E-state index is 12.3. The Kier molecular flexibility index (Phi) is 10.7. The van der Waals surface area contributed by atoms with E-state index in [0.29, 0.717) is 47.5 Å². The van der Waals surface area contributed by atoms with Crippen molar-refractivity contribution in [3.05, 3.63) is 35.4 Å². The van der Waals surface area contributed by atoms with Crippen LogP contribution in [0.5, 0.6) is 23.5 Å². The summed E-state index contributed by atoms with van der Waals surface area (Å²) in [4.78, 5) is 32.8. The third-order valence-corrected chi connectivity index (χ3v) is 6.40. The zero-order chi connectivity index (χ0) is 23.3. The van der Waals surface area contributed by atoms with E-state index in [2.05, 4.69) is 20.6 Å². The van der Waals surface area contributed by atoms with Gasteiger partial charge in [-0.1, -0.05) is 21.6 Å². The molecule has 2 amide bonds. The van der Waals surface area contributed by atoms with Gasteiger partial charge in [0.2, 0.25) is 23.5 Å². The number of hydrogen-bond donors (Lipinski definition) is 2. The first-order valence-electron chi connectivity index (χ1n) is 9.52. The number of pyridine rings is 2. The molecular weight excluding hydrogens is 456 g/mol. The van der Waals surface area contributed by atoms with E-state index < -0.39 is 0 Å². The van der Waals surface area contributed by atoms with Crippen LogP contribution in [0.3, 0.4) is 0 Å². The van der Waals surface area contributed by atoms with Gasteiger partial charge in [0.25, 0.3) is 11.8 Å². The van der Waals surface area contributed by atoms with Crippen molar-refractivity contribution in [3.8, 4) is 23.5 Å². The number of nitrogens with one attached hydrogen (secondary N) is 2. The molecule has 2 heterocycles. The highest BCUT2D eigenvalue weighted by atomic mass is 33.1. The number of aromatic nitrogens is 2. The molecule has 0 spiro atoms. The molecule has 0 atom stereocenters. The van der Waals surface area contributed by atoms with Crippen LogP contribution < -0.4 is 29.6 Å². The monoisotopic (exact) mass is 482 g/mol. The first-order chi connectivity index (χ1) is 15.5. The van der Waals surface area contributed by atoms with Gasteiger partial charge in [-0.25, -0.2) is 0 Å². The van der Waals surface area contributed by atoms with Gasteiger partial charge < -0.3 is 29.6 Å². The standard InChI is InChI=1S/C20H26N4O6S2/c1-27-15-7-5-13(19(23-15)29-3)17(25)21-9-11-31-32-12-10-22-18(26)14-6-8-16(28-2)24-20(14)30-4/h5-8H,9-12H2,1-4H3,(H,21,25)(H,22,26). The fraction of sp³-hybridized carbons (Fsp3) is 0.400. The number of amides is 2. The van der Waals surface area contributed by atoms with Crippen molar-refractivity contribution < 1.29 is 28.5 Å². The fourth-order valence-electron chi connectivity index (χ4n) is 2.45. The Hall–Kier alpha value is -2.86. The molecule has 2 rings (SSSR count). The van der Waals surface area contributed by atoms with Crippen molar-refractivity contribution in [1.82, 2.24) is 20.6 Å². The molecule has 0 saturated carbocycles. The van der Waals surface area contributed by atoms with Crippen LogP contribution in [-0.2, 0) is 0 Å². The zero-order valence-corrected chi connectivity index (χ0v) is 19.9. The summed E-state index contributed by atoms with van der Waals surface area (Å²) in [5, 5.41) is 5.66. The summed E-state index contributed by atoms with van der Waals surface area (Å²) in [6.07, 6.45) is 0. The molecule has 0 bridgehead atoms. The van der Waals surface area contributed by atoms with Gasteiger partial charge in [0, 0.05) is 36.7 Å². The van der Waals surface area contributed by atoms with Gasteiger partial charge in [-0.2, -0.15) is 9.97 Å². The summed E-state index contributed by atoms with van der Waals surface area (Å²) in [5.41, 5.74) is 0.689. The van der Waals surface area contributed by atoms with Crippen LogP contribution in [0, 0.1) is 0 Å². The van der Waals surface area contributed by atoms with E-state index in [-0.39, 0.29) is 23.6 Å². The number of rotatable bonds is 13. The van der Waals surface area contributed by atoms with Gasteiger partial charge in [-0.05, 0) is 12.1 Å². The van der Waals surface area contributed by atoms with Gasteiger partial charge in [0.05, 0.1) is 28.4 Å². The lowest BCUT2D eigenvalue weighted by atomic mass is 10.2. The van der Waals surface area contributed by atoms with E-state index >= 15 is 0 Å². The normalized spacial score (nSPS) is 10.2. The third-order valence-electron chi connectivity index (χ3n) is 3.99. The predicted molar refractivity (Wildman–Crippen MR) is 124 cm³/mol. The molecule has 0 unspecified atom stereocenters. The maximum atomic E-state index is 12.3. The number of hydrogen-bond acceptors (Lipinski definition) is 10. The van der Waals surface area contributed by atoms with Gasteiger partial charge >= 0.3 is 0 Å². The van der Waals surface area contributed by atoms with Crippen molar-refractivity contribution in [1.29, 1.82) is 0 Å². The first kappa shape index (κ1) is 25.4. The summed E-state index contributed by atoms with van der Waals surface area (Å²) in [6.45, 7) is 0.958. The van der Waals surface area contributed by atoms with E-state index in [1.807, 2.05) is 0 Å². The molecule has 0 aliphatic carbocycles. The smallest absolute Gasteiger partial charge is 0.256 e. The Bertz CT molecular complexity index is 842. The lowest BCUT2D eigenvalue weighted by molar-refractivity contribution is 0.0943. The fourth-order valence-corrected chi connectivity index (χ4v) is 4.27. The Morgan fingerprint density at radius 2 is 1.12 bits per heavy atom. The molecular formula is C20H26N4O6S2. The SMILES string of the molecule is COc1ccc(C(=O)NCCSSCCNC(=O)c2ccc(OC)nc2OC)c(OC)n1. The minimum atomic E-state index is -0.267. The van der Waals surface area contributed by atoms with Gasteiger partial charge in [-0.3, -0.25) is 9.59 Å². The van der Waals surface area contributed by atoms with Crippen LogP contribution in [0.15, 0.2) is 24.3 Å². The van der Waals surface area contributed by atoms with Crippen LogP contribution in [0.2, 0.25) is 0 Å². The number of carbonyl (C=O) groups is 2. The molecule has 0 aliphatic heterocycles. The highest BCUT2D eigenvalue weighted by Gasteiger charge is 2.15. The molecule has 0 saturated heterocycles. The average molecular weight is 483 g/mol. The third kappa shape index (κ3) is 7.38.